The number of halogens is 1. The van der Waals surface area contributed by atoms with Crippen LogP contribution >= 0.6 is 0 Å². The van der Waals surface area contributed by atoms with Crippen molar-refractivity contribution in [2.45, 2.75) is 26.3 Å². The van der Waals surface area contributed by atoms with Gasteiger partial charge in [0.2, 0.25) is 0 Å². The molecule has 0 aromatic heterocycles. The van der Waals surface area contributed by atoms with E-state index in [0.717, 1.165) is 24.2 Å². The Morgan fingerprint density at radius 1 is 1.50 bits per heavy atom. The second-order valence-corrected chi connectivity index (χ2v) is 4.44. The van der Waals surface area contributed by atoms with Crippen molar-refractivity contribution in [3.8, 4) is 12.3 Å². The van der Waals surface area contributed by atoms with Gasteiger partial charge in [-0.1, -0.05) is 12.8 Å². The molecule has 1 unspecified atom stereocenters. The predicted molar refractivity (Wildman–Crippen MR) is 75.2 cm³/mol. The zero-order valence-corrected chi connectivity index (χ0v) is 11.3. The van der Waals surface area contributed by atoms with Crippen LogP contribution in [0, 0.1) is 18.2 Å². The lowest BCUT2D eigenvalue weighted by Gasteiger charge is -2.24. The molecule has 0 saturated heterocycles. The molecule has 0 amide bonds. The molecule has 0 heterocycles. The normalized spacial score (nSPS) is 11.9. The highest BCUT2D eigenvalue weighted by molar-refractivity contribution is 5.55. The topological polar surface area (TPSA) is 15.3 Å². The zero-order valence-electron chi connectivity index (χ0n) is 11.3. The number of nitrogens with one attached hydrogen (secondary N) is 1. The first-order valence-corrected chi connectivity index (χ1v) is 6.27. The van der Waals surface area contributed by atoms with Crippen LogP contribution < -0.4 is 10.2 Å². The smallest absolute Gasteiger partial charge is 0.123 e. The summed E-state index contributed by atoms with van der Waals surface area (Å²) < 4.78 is 13.4. The highest BCUT2D eigenvalue weighted by Crippen LogP contribution is 2.26. The van der Waals surface area contributed by atoms with Crippen LogP contribution in [0.1, 0.15) is 31.9 Å². The maximum atomic E-state index is 13.4. The van der Waals surface area contributed by atoms with Gasteiger partial charge in [-0.3, -0.25) is 0 Å². The van der Waals surface area contributed by atoms with E-state index in [9.17, 15) is 4.39 Å². The number of terminal acetylenes is 1. The summed E-state index contributed by atoms with van der Waals surface area (Å²) in [6, 6.07) is 4.94. The molecule has 0 spiro atoms. The van der Waals surface area contributed by atoms with E-state index < -0.39 is 0 Å². The molecule has 1 N–H and O–H groups in total. The van der Waals surface area contributed by atoms with Gasteiger partial charge < -0.3 is 10.2 Å². The van der Waals surface area contributed by atoms with Crippen LogP contribution in [0.4, 0.5) is 10.1 Å². The van der Waals surface area contributed by atoms with Crippen molar-refractivity contribution in [1.82, 2.24) is 5.32 Å². The van der Waals surface area contributed by atoms with Crippen LogP contribution in [-0.2, 0) is 0 Å². The van der Waals surface area contributed by atoms with Gasteiger partial charge in [-0.15, -0.1) is 6.42 Å². The van der Waals surface area contributed by atoms with E-state index in [1.54, 1.807) is 12.1 Å². The minimum Gasteiger partial charge on any atom is -0.363 e. The number of hydrogen-bond acceptors (Lipinski definition) is 2. The summed E-state index contributed by atoms with van der Waals surface area (Å²) in [5.41, 5.74) is 1.92. The Morgan fingerprint density at radius 3 is 2.83 bits per heavy atom. The third-order valence-electron chi connectivity index (χ3n) is 2.90. The van der Waals surface area contributed by atoms with E-state index in [4.69, 9.17) is 6.42 Å². The molecular formula is C15H21FN2. The van der Waals surface area contributed by atoms with Gasteiger partial charge in [-0.25, -0.2) is 4.39 Å². The molecule has 0 radical (unpaired) electrons. The fourth-order valence-corrected chi connectivity index (χ4v) is 1.91. The highest BCUT2D eigenvalue weighted by Gasteiger charge is 2.13. The number of hydrogen-bond donors (Lipinski definition) is 1. The lowest BCUT2D eigenvalue weighted by molar-refractivity contribution is 0.562. The summed E-state index contributed by atoms with van der Waals surface area (Å²) in [6.07, 6.45) is 6.37. The Morgan fingerprint density at radius 2 is 2.22 bits per heavy atom. The van der Waals surface area contributed by atoms with Crippen LogP contribution in [-0.4, -0.2) is 20.1 Å². The lowest BCUT2D eigenvalue weighted by atomic mass is 10.0. The highest BCUT2D eigenvalue weighted by atomic mass is 19.1. The summed E-state index contributed by atoms with van der Waals surface area (Å²) in [5, 5.41) is 3.37. The van der Waals surface area contributed by atoms with E-state index in [2.05, 4.69) is 18.2 Å². The second-order valence-electron chi connectivity index (χ2n) is 4.44. The van der Waals surface area contributed by atoms with Crippen LogP contribution in [0.5, 0.6) is 0 Å². The van der Waals surface area contributed by atoms with Gasteiger partial charge in [0.1, 0.15) is 5.82 Å². The standard InChI is InChI=1S/C15H21FN2/c1-5-9-17-12(3)14-11-13(16)7-8-15(14)18(4)10-6-2/h2,7-8,11-12,17H,5,9-10H2,1,3-4H3. The molecule has 2 nitrogen and oxygen atoms in total. The van der Waals surface area contributed by atoms with Crippen LogP contribution in [0.25, 0.3) is 0 Å². The average molecular weight is 248 g/mol. The van der Waals surface area contributed by atoms with Gasteiger partial charge in [0, 0.05) is 18.8 Å². The van der Waals surface area contributed by atoms with Crippen molar-refractivity contribution in [3.05, 3.63) is 29.6 Å². The number of rotatable bonds is 6. The van der Waals surface area contributed by atoms with Crippen LogP contribution in [0.2, 0.25) is 0 Å². The van der Waals surface area contributed by atoms with Gasteiger partial charge >= 0.3 is 0 Å². The third-order valence-corrected chi connectivity index (χ3v) is 2.90. The molecule has 1 aromatic carbocycles. The molecular weight excluding hydrogens is 227 g/mol. The minimum atomic E-state index is -0.215. The Kier molecular flexibility index (Phi) is 5.67. The quantitative estimate of drug-likeness (QED) is 0.779. The molecule has 1 rings (SSSR count). The number of anilines is 1. The van der Waals surface area contributed by atoms with E-state index >= 15 is 0 Å². The third kappa shape index (κ3) is 3.75. The lowest BCUT2D eigenvalue weighted by Crippen LogP contribution is -2.24. The molecule has 0 fully saturated rings. The first kappa shape index (κ1) is 14.5. The Labute approximate surface area is 109 Å². The fourth-order valence-electron chi connectivity index (χ4n) is 1.91. The van der Waals surface area contributed by atoms with E-state index in [1.807, 2.05) is 18.9 Å². The molecule has 1 aromatic rings. The van der Waals surface area contributed by atoms with Gasteiger partial charge in [-0.2, -0.15) is 0 Å². The van der Waals surface area contributed by atoms with Crippen molar-refractivity contribution in [2.24, 2.45) is 0 Å². The van der Waals surface area contributed by atoms with Gasteiger partial charge in [0.15, 0.2) is 0 Å². The molecule has 18 heavy (non-hydrogen) atoms. The van der Waals surface area contributed by atoms with Crippen molar-refractivity contribution < 1.29 is 4.39 Å². The van der Waals surface area contributed by atoms with Crippen molar-refractivity contribution in [2.75, 3.05) is 25.0 Å². The largest absolute Gasteiger partial charge is 0.363 e. The first-order valence-electron chi connectivity index (χ1n) is 6.27. The predicted octanol–water partition coefficient (Wildman–Crippen LogP) is 2.96. The molecule has 1 atom stereocenters. The maximum Gasteiger partial charge on any atom is 0.123 e. The van der Waals surface area contributed by atoms with Crippen molar-refractivity contribution in [3.63, 3.8) is 0 Å². The van der Waals surface area contributed by atoms with Crippen LogP contribution in [0.3, 0.4) is 0 Å². The monoisotopic (exact) mass is 248 g/mol. The van der Waals surface area contributed by atoms with E-state index in [-0.39, 0.29) is 11.9 Å². The molecule has 98 valence electrons. The fraction of sp³-hybridized carbons (Fsp3) is 0.467. The zero-order chi connectivity index (χ0) is 13.5. The summed E-state index contributed by atoms with van der Waals surface area (Å²) in [4.78, 5) is 1.96. The van der Waals surface area contributed by atoms with Gasteiger partial charge in [0.05, 0.1) is 6.54 Å². The van der Waals surface area contributed by atoms with Crippen molar-refractivity contribution >= 4 is 5.69 Å². The molecule has 0 aliphatic heterocycles. The summed E-state index contributed by atoms with van der Waals surface area (Å²) >= 11 is 0. The van der Waals surface area contributed by atoms with Crippen LogP contribution in [0.15, 0.2) is 18.2 Å². The van der Waals surface area contributed by atoms with E-state index in [1.165, 1.54) is 6.07 Å². The molecule has 0 aliphatic rings. The summed E-state index contributed by atoms with van der Waals surface area (Å²) in [5.74, 6) is 2.39. The summed E-state index contributed by atoms with van der Waals surface area (Å²) in [7, 11) is 1.92. The molecule has 3 heteroatoms. The van der Waals surface area contributed by atoms with E-state index in [0.29, 0.717) is 6.54 Å². The Hall–Kier alpha value is -1.53. The van der Waals surface area contributed by atoms with Crippen molar-refractivity contribution in [1.29, 1.82) is 0 Å². The molecule has 0 aliphatic carbocycles. The first-order chi connectivity index (χ1) is 8.60. The Bertz CT molecular complexity index is 423. The van der Waals surface area contributed by atoms with Gasteiger partial charge in [0.25, 0.3) is 0 Å². The summed E-state index contributed by atoms with van der Waals surface area (Å²) in [6.45, 7) is 5.57. The average Bonchev–Trinajstić information content (AvgIpc) is 2.36. The van der Waals surface area contributed by atoms with Gasteiger partial charge in [-0.05, 0) is 43.7 Å². The minimum absolute atomic E-state index is 0.107. The molecule has 0 saturated carbocycles. The number of nitrogens with zero attached hydrogens (tertiary/aromatic N) is 1. The second kappa shape index (κ2) is 7.03. The number of benzene rings is 1. The maximum absolute atomic E-state index is 13.4. The SMILES string of the molecule is C#CCN(C)c1ccc(F)cc1C(C)NCCC. The molecule has 0 bridgehead atoms. The Balaban J connectivity index is 2.99.